The third-order valence-corrected chi connectivity index (χ3v) is 5.89. The lowest BCUT2D eigenvalue weighted by Crippen LogP contribution is -2.40. The van der Waals surface area contributed by atoms with E-state index in [1.807, 2.05) is 5.10 Å². The number of alkyl halides is 6. The van der Waals surface area contributed by atoms with Crippen LogP contribution in [0.15, 0.2) is 17.2 Å². The maximum absolute atomic E-state index is 13.2. The average Bonchev–Trinajstić information content (AvgIpc) is 3.18. The average molecular weight is 506 g/mol. The quantitative estimate of drug-likeness (QED) is 0.599. The summed E-state index contributed by atoms with van der Waals surface area (Å²) >= 11 is 0. The normalized spacial score (nSPS) is 19.0. The molecule has 2 N–H and O–H groups in total. The molecule has 190 valence electrons. The van der Waals surface area contributed by atoms with E-state index in [0.29, 0.717) is 25.9 Å². The Kier molecular flexibility index (Phi) is 6.71. The zero-order chi connectivity index (χ0) is 25.4. The molecular formula is C20H20F6N6O3. The Morgan fingerprint density at radius 1 is 1.09 bits per heavy atom. The molecule has 4 rings (SSSR count). The minimum Gasteiger partial charge on any atom is -0.368 e. The first-order valence-corrected chi connectivity index (χ1v) is 10.7. The first kappa shape index (κ1) is 24.9. The van der Waals surface area contributed by atoms with Gasteiger partial charge < -0.3 is 15.0 Å². The van der Waals surface area contributed by atoms with E-state index in [9.17, 15) is 35.9 Å². The second kappa shape index (κ2) is 9.43. The molecule has 15 heteroatoms. The van der Waals surface area contributed by atoms with Crippen molar-refractivity contribution in [3.63, 3.8) is 0 Å². The summed E-state index contributed by atoms with van der Waals surface area (Å²) in [5.41, 5.74) is -3.79. The van der Waals surface area contributed by atoms with Crippen LogP contribution in [0.1, 0.15) is 47.7 Å². The number of carbonyl (C=O) groups excluding carboxylic acids is 1. The summed E-state index contributed by atoms with van der Waals surface area (Å²) in [6.07, 6.45) is -7.14. The predicted molar refractivity (Wildman–Crippen MR) is 107 cm³/mol. The zero-order valence-corrected chi connectivity index (χ0v) is 18.0. The number of rotatable bonds is 5. The zero-order valence-electron chi connectivity index (χ0n) is 18.0. The summed E-state index contributed by atoms with van der Waals surface area (Å²) in [5.74, 6) is -0.379. The number of fused-ring (bicyclic) bond motifs is 1. The van der Waals surface area contributed by atoms with Crippen molar-refractivity contribution in [3.8, 4) is 0 Å². The maximum atomic E-state index is 13.2. The van der Waals surface area contributed by atoms with Crippen LogP contribution >= 0.6 is 0 Å². The molecule has 0 radical (unpaired) electrons. The molecule has 2 aromatic rings. The van der Waals surface area contributed by atoms with Crippen LogP contribution in [0.3, 0.4) is 0 Å². The van der Waals surface area contributed by atoms with Gasteiger partial charge in [-0.3, -0.25) is 9.59 Å². The van der Waals surface area contributed by atoms with E-state index in [-0.39, 0.29) is 42.8 Å². The van der Waals surface area contributed by atoms with Crippen LogP contribution in [-0.2, 0) is 28.3 Å². The highest BCUT2D eigenvalue weighted by Gasteiger charge is 2.41. The van der Waals surface area contributed by atoms with Crippen LogP contribution < -0.4 is 15.8 Å². The summed E-state index contributed by atoms with van der Waals surface area (Å²) in [7, 11) is 0. The molecule has 1 atom stereocenters. The molecule has 1 aliphatic heterocycles. The Morgan fingerprint density at radius 2 is 1.74 bits per heavy atom. The number of aromatic amines is 1. The Balaban J connectivity index is 1.27. The first-order valence-electron chi connectivity index (χ1n) is 10.7. The van der Waals surface area contributed by atoms with Gasteiger partial charge in [-0.25, -0.2) is 15.1 Å². The highest BCUT2D eigenvalue weighted by molar-refractivity contribution is 5.77. The molecule has 0 saturated carbocycles. The van der Waals surface area contributed by atoms with Crippen molar-refractivity contribution in [2.24, 2.45) is 0 Å². The molecule has 1 fully saturated rings. The molecule has 2 aliphatic rings. The summed E-state index contributed by atoms with van der Waals surface area (Å²) in [5, 5.41) is 8.13. The topological polar surface area (TPSA) is 113 Å². The minimum atomic E-state index is -4.83. The standard InChI is InChI=1S/C20H20F6N6O3/c21-19(22,23)10-7-27-18(28-8-10)32-5-3-11(4-6-32)35-9-14(33)29-13-2-1-12-15(20(24,25)26)17(34)31-30-16(12)13/h7-8,11,13H,1-6,9H2,(H,29,33)(H,31,34)/t13-/m1/s1. The van der Waals surface area contributed by atoms with Crippen molar-refractivity contribution in [1.82, 2.24) is 25.5 Å². The Bertz CT molecular complexity index is 1130. The maximum Gasteiger partial charge on any atom is 0.422 e. The van der Waals surface area contributed by atoms with E-state index in [4.69, 9.17) is 4.74 Å². The summed E-state index contributed by atoms with van der Waals surface area (Å²) in [6, 6.07) is -0.780. The van der Waals surface area contributed by atoms with Gasteiger partial charge in [0.2, 0.25) is 11.9 Å². The van der Waals surface area contributed by atoms with Crippen LogP contribution in [-0.4, -0.2) is 51.9 Å². The van der Waals surface area contributed by atoms with Gasteiger partial charge in [0.1, 0.15) is 12.2 Å². The number of hydrogen-bond acceptors (Lipinski definition) is 7. The van der Waals surface area contributed by atoms with Gasteiger partial charge in [-0.2, -0.15) is 31.4 Å². The highest BCUT2D eigenvalue weighted by Crippen LogP contribution is 2.37. The molecule has 1 saturated heterocycles. The van der Waals surface area contributed by atoms with Gasteiger partial charge in [0.15, 0.2) is 0 Å². The molecule has 2 aromatic heterocycles. The van der Waals surface area contributed by atoms with Gasteiger partial charge in [-0.15, -0.1) is 0 Å². The monoisotopic (exact) mass is 506 g/mol. The number of nitrogens with zero attached hydrogens (tertiary/aromatic N) is 4. The number of carbonyl (C=O) groups is 1. The van der Waals surface area contributed by atoms with Crippen molar-refractivity contribution in [1.29, 1.82) is 0 Å². The molecule has 0 bridgehead atoms. The largest absolute Gasteiger partial charge is 0.422 e. The first-order chi connectivity index (χ1) is 16.4. The van der Waals surface area contributed by atoms with Gasteiger partial charge in [-0.1, -0.05) is 0 Å². The van der Waals surface area contributed by atoms with Crippen LogP contribution in [0.5, 0.6) is 0 Å². The van der Waals surface area contributed by atoms with Crippen molar-refractivity contribution in [2.45, 2.75) is 50.2 Å². The number of aromatic nitrogens is 4. The van der Waals surface area contributed by atoms with Crippen molar-refractivity contribution in [2.75, 3.05) is 24.6 Å². The lowest BCUT2D eigenvalue weighted by atomic mass is 10.1. The number of amides is 1. The van der Waals surface area contributed by atoms with E-state index < -0.39 is 41.0 Å². The van der Waals surface area contributed by atoms with Crippen LogP contribution in [0.4, 0.5) is 32.3 Å². The molecule has 9 nitrogen and oxygen atoms in total. The van der Waals surface area contributed by atoms with Crippen LogP contribution in [0.2, 0.25) is 0 Å². The molecule has 1 amide bonds. The van der Waals surface area contributed by atoms with Crippen molar-refractivity contribution in [3.05, 3.63) is 45.1 Å². The smallest absolute Gasteiger partial charge is 0.368 e. The molecule has 3 heterocycles. The Labute approximate surface area is 193 Å². The molecular weight excluding hydrogens is 486 g/mol. The predicted octanol–water partition coefficient (Wildman–Crippen LogP) is 2.39. The molecule has 0 aromatic carbocycles. The Hall–Kier alpha value is -3.23. The fourth-order valence-electron chi connectivity index (χ4n) is 4.19. The number of halogens is 6. The third kappa shape index (κ3) is 5.55. The second-order valence-electron chi connectivity index (χ2n) is 8.21. The van der Waals surface area contributed by atoms with E-state index in [0.717, 1.165) is 12.4 Å². The number of anilines is 1. The van der Waals surface area contributed by atoms with E-state index in [1.165, 1.54) is 0 Å². The van der Waals surface area contributed by atoms with Gasteiger partial charge in [-0.05, 0) is 31.2 Å². The molecule has 35 heavy (non-hydrogen) atoms. The highest BCUT2D eigenvalue weighted by atomic mass is 19.4. The van der Waals surface area contributed by atoms with E-state index in [2.05, 4.69) is 20.4 Å². The lowest BCUT2D eigenvalue weighted by Gasteiger charge is -2.31. The van der Waals surface area contributed by atoms with E-state index >= 15 is 0 Å². The number of nitrogens with one attached hydrogen (secondary N) is 2. The van der Waals surface area contributed by atoms with Crippen molar-refractivity contribution >= 4 is 11.9 Å². The van der Waals surface area contributed by atoms with Gasteiger partial charge >= 0.3 is 12.4 Å². The van der Waals surface area contributed by atoms with Gasteiger partial charge in [0.25, 0.3) is 5.56 Å². The molecule has 0 unspecified atom stereocenters. The lowest BCUT2D eigenvalue weighted by molar-refractivity contribution is -0.139. The fourth-order valence-corrected chi connectivity index (χ4v) is 4.19. The Morgan fingerprint density at radius 3 is 2.34 bits per heavy atom. The summed E-state index contributed by atoms with van der Waals surface area (Å²) in [4.78, 5) is 33.1. The van der Waals surface area contributed by atoms with Crippen LogP contribution in [0, 0.1) is 0 Å². The summed E-state index contributed by atoms with van der Waals surface area (Å²) in [6.45, 7) is 0.485. The van der Waals surface area contributed by atoms with E-state index in [1.54, 1.807) is 4.90 Å². The SMILES string of the molecule is O=C(COC1CCN(c2ncc(C(F)(F)F)cn2)CC1)N[C@@H]1CCc2c1n[nH]c(=O)c2C(F)(F)F. The fraction of sp³-hybridized carbons (Fsp3) is 0.550. The number of piperidine rings is 1. The van der Waals surface area contributed by atoms with Crippen molar-refractivity contribution < 1.29 is 35.9 Å². The minimum absolute atomic E-state index is 0.0184. The molecule has 0 spiro atoms. The molecule has 1 aliphatic carbocycles. The summed E-state index contributed by atoms with van der Waals surface area (Å²) < 4.78 is 83.1. The number of ether oxygens (including phenoxy) is 1. The van der Waals surface area contributed by atoms with Gasteiger partial charge in [0.05, 0.1) is 23.4 Å². The number of hydrogen-bond donors (Lipinski definition) is 2. The van der Waals surface area contributed by atoms with Crippen LogP contribution in [0.25, 0.3) is 0 Å². The van der Waals surface area contributed by atoms with Gasteiger partial charge in [0, 0.05) is 25.5 Å². The number of H-pyrrole nitrogens is 1. The third-order valence-electron chi connectivity index (χ3n) is 5.89. The second-order valence-corrected chi connectivity index (χ2v) is 8.21.